The van der Waals surface area contributed by atoms with Gasteiger partial charge < -0.3 is 15.5 Å². The van der Waals surface area contributed by atoms with Crippen LogP contribution in [0.4, 0.5) is 20.9 Å². The van der Waals surface area contributed by atoms with Crippen molar-refractivity contribution < 1.29 is 4.39 Å². The Morgan fingerprint density at radius 1 is 1.11 bits per heavy atom. The molecule has 37 heavy (non-hydrogen) atoms. The number of thiazole rings is 1. The number of rotatable bonds is 8. The van der Waals surface area contributed by atoms with Gasteiger partial charge in [0.05, 0.1) is 17.6 Å². The van der Waals surface area contributed by atoms with Crippen LogP contribution in [0.1, 0.15) is 22.3 Å². The number of imidazole rings is 1. The number of hydrogen-bond donors (Lipinski definition) is 2. The van der Waals surface area contributed by atoms with Crippen LogP contribution in [0, 0.1) is 19.7 Å². The maximum atomic E-state index is 15.1. The first-order valence-corrected chi connectivity index (χ1v) is 12.8. The summed E-state index contributed by atoms with van der Waals surface area (Å²) in [5.74, 6) is -0.373. The third-order valence-corrected chi connectivity index (χ3v) is 6.94. The van der Waals surface area contributed by atoms with Crippen molar-refractivity contribution in [3.8, 4) is 11.4 Å². The molecule has 0 spiro atoms. The molecular weight excluding hydrogens is 483 g/mol. The Morgan fingerprint density at radius 2 is 1.89 bits per heavy atom. The summed E-state index contributed by atoms with van der Waals surface area (Å²) in [7, 11) is 4.07. The van der Waals surface area contributed by atoms with Crippen LogP contribution in [-0.4, -0.2) is 33.4 Å². The van der Waals surface area contributed by atoms with E-state index in [9.17, 15) is 0 Å². The number of benzene rings is 2. The molecule has 0 amide bonds. The second kappa shape index (κ2) is 10.2. The summed E-state index contributed by atoms with van der Waals surface area (Å²) < 4.78 is 17.1. The van der Waals surface area contributed by atoms with E-state index in [0.29, 0.717) is 22.1 Å². The summed E-state index contributed by atoms with van der Waals surface area (Å²) in [5, 5.41) is 9.01. The predicted molar refractivity (Wildman–Crippen MR) is 152 cm³/mol. The van der Waals surface area contributed by atoms with Gasteiger partial charge in [0, 0.05) is 40.6 Å². The van der Waals surface area contributed by atoms with Crippen molar-refractivity contribution in [2.24, 2.45) is 0 Å². The van der Waals surface area contributed by atoms with E-state index in [1.807, 2.05) is 80.4 Å². The lowest BCUT2D eigenvalue weighted by molar-refractivity contribution is 0.403. The molecule has 8 heteroatoms. The van der Waals surface area contributed by atoms with Crippen molar-refractivity contribution in [2.45, 2.75) is 20.4 Å². The average molecular weight is 513 g/mol. The number of aromatic nitrogens is 3. The topological polar surface area (TPSA) is 57.5 Å². The van der Waals surface area contributed by atoms with Gasteiger partial charge in [-0.25, -0.2) is 14.4 Å². The average Bonchev–Trinajstić information content (AvgIpc) is 3.50. The van der Waals surface area contributed by atoms with Crippen molar-refractivity contribution in [1.82, 2.24) is 19.3 Å². The molecule has 5 rings (SSSR count). The number of nitrogens with zero attached hydrogens (tertiary/aromatic N) is 4. The Labute approximate surface area is 220 Å². The Hall–Kier alpha value is -4.01. The van der Waals surface area contributed by atoms with Crippen LogP contribution in [0.25, 0.3) is 22.7 Å². The number of pyridine rings is 1. The van der Waals surface area contributed by atoms with Crippen LogP contribution in [0.5, 0.6) is 0 Å². The monoisotopic (exact) mass is 512 g/mol. The summed E-state index contributed by atoms with van der Waals surface area (Å²) >= 11 is 1.42. The quantitative estimate of drug-likeness (QED) is 0.232. The summed E-state index contributed by atoms with van der Waals surface area (Å²) in [4.78, 5) is 11.4. The number of nitrogens with one attached hydrogen (secondary N) is 2. The van der Waals surface area contributed by atoms with Crippen molar-refractivity contribution in [3.05, 3.63) is 101 Å². The standard InChI is InChI=1S/C29H29FN6S/c1-18-8-6-9-19(2)27(18)32-20(3)21-11-12-24(23(30)14-21)33-29-34-25(17-37-29)26-15-31-28-22(16-35(4)5)10-7-13-36(26)28/h6-15,17,32H,3,16H2,1-2,4-5H3,(H,33,34). The van der Waals surface area contributed by atoms with E-state index < -0.39 is 0 Å². The number of halogens is 1. The van der Waals surface area contributed by atoms with Gasteiger partial charge in [-0.15, -0.1) is 11.3 Å². The number of fused-ring (bicyclic) bond motifs is 1. The lowest BCUT2D eigenvalue weighted by Crippen LogP contribution is -2.11. The van der Waals surface area contributed by atoms with Crippen LogP contribution in [0.2, 0.25) is 0 Å². The third-order valence-electron chi connectivity index (χ3n) is 6.19. The molecule has 6 nitrogen and oxygen atoms in total. The highest BCUT2D eigenvalue weighted by molar-refractivity contribution is 7.14. The van der Waals surface area contributed by atoms with Crippen molar-refractivity contribution in [1.29, 1.82) is 0 Å². The molecule has 0 unspecified atom stereocenters. The molecule has 3 aromatic heterocycles. The Balaban J connectivity index is 1.34. The highest BCUT2D eigenvalue weighted by atomic mass is 32.1. The molecule has 0 bridgehead atoms. The SMILES string of the molecule is C=C(Nc1c(C)cccc1C)c1ccc(Nc2nc(-c3cnc4c(CN(C)C)cccn34)cs2)c(F)c1. The number of para-hydroxylation sites is 1. The second-order valence-corrected chi connectivity index (χ2v) is 10.2. The van der Waals surface area contributed by atoms with Gasteiger partial charge in [-0.05, 0) is 57.3 Å². The Bertz CT molecular complexity index is 1580. The fourth-order valence-corrected chi connectivity index (χ4v) is 5.04. The molecule has 2 aromatic carbocycles. The lowest BCUT2D eigenvalue weighted by Gasteiger charge is -2.15. The summed E-state index contributed by atoms with van der Waals surface area (Å²) in [6.07, 6.45) is 3.82. The maximum absolute atomic E-state index is 15.1. The first-order chi connectivity index (χ1) is 17.8. The van der Waals surface area contributed by atoms with Crippen LogP contribution in [-0.2, 0) is 6.54 Å². The summed E-state index contributed by atoms with van der Waals surface area (Å²) in [6, 6.07) is 15.2. The van der Waals surface area contributed by atoms with Crippen molar-refractivity contribution >= 4 is 39.2 Å². The molecule has 0 saturated carbocycles. The molecule has 2 N–H and O–H groups in total. The Kier molecular flexibility index (Phi) is 6.78. The molecule has 0 aliphatic rings. The van der Waals surface area contributed by atoms with E-state index in [1.54, 1.807) is 6.07 Å². The van der Waals surface area contributed by atoms with Gasteiger partial charge in [0.1, 0.15) is 17.2 Å². The smallest absolute Gasteiger partial charge is 0.187 e. The van der Waals surface area contributed by atoms with E-state index >= 15 is 4.39 Å². The molecule has 0 aliphatic heterocycles. The van der Waals surface area contributed by atoms with E-state index in [-0.39, 0.29) is 5.82 Å². The highest BCUT2D eigenvalue weighted by Crippen LogP contribution is 2.31. The minimum atomic E-state index is -0.373. The first kappa shape index (κ1) is 24.7. The summed E-state index contributed by atoms with van der Waals surface area (Å²) in [6.45, 7) is 8.99. The van der Waals surface area contributed by atoms with Gasteiger partial charge in [-0.3, -0.25) is 4.40 Å². The zero-order valence-electron chi connectivity index (χ0n) is 21.3. The largest absolute Gasteiger partial charge is 0.355 e. The van der Waals surface area contributed by atoms with Gasteiger partial charge in [0.15, 0.2) is 5.13 Å². The molecule has 0 fully saturated rings. The van der Waals surface area contributed by atoms with E-state index in [1.165, 1.54) is 17.4 Å². The van der Waals surface area contributed by atoms with Gasteiger partial charge >= 0.3 is 0 Å². The molecule has 0 saturated heterocycles. The van der Waals surface area contributed by atoms with Crippen LogP contribution in [0.3, 0.4) is 0 Å². The van der Waals surface area contributed by atoms with Gasteiger partial charge in [-0.1, -0.05) is 36.9 Å². The molecule has 5 aromatic rings. The summed E-state index contributed by atoms with van der Waals surface area (Å²) in [5.41, 5.74) is 8.62. The minimum Gasteiger partial charge on any atom is -0.355 e. The molecule has 0 atom stereocenters. The van der Waals surface area contributed by atoms with Crippen LogP contribution >= 0.6 is 11.3 Å². The maximum Gasteiger partial charge on any atom is 0.187 e. The van der Waals surface area contributed by atoms with Gasteiger partial charge in [-0.2, -0.15) is 0 Å². The zero-order valence-corrected chi connectivity index (χ0v) is 22.2. The number of hydrogen-bond acceptors (Lipinski definition) is 6. The van der Waals surface area contributed by atoms with Gasteiger partial charge in [0.25, 0.3) is 0 Å². The first-order valence-electron chi connectivity index (χ1n) is 11.9. The van der Waals surface area contributed by atoms with Crippen LogP contribution < -0.4 is 10.6 Å². The molecule has 0 aliphatic carbocycles. The zero-order chi connectivity index (χ0) is 26.1. The minimum absolute atomic E-state index is 0.357. The van der Waals surface area contributed by atoms with E-state index in [4.69, 9.17) is 4.98 Å². The normalized spacial score (nSPS) is 11.3. The van der Waals surface area contributed by atoms with E-state index in [2.05, 4.69) is 33.2 Å². The highest BCUT2D eigenvalue weighted by Gasteiger charge is 2.14. The van der Waals surface area contributed by atoms with Crippen molar-refractivity contribution in [2.75, 3.05) is 24.7 Å². The number of anilines is 3. The second-order valence-electron chi connectivity index (χ2n) is 9.34. The molecule has 188 valence electrons. The molecule has 3 heterocycles. The van der Waals surface area contributed by atoms with Crippen molar-refractivity contribution in [3.63, 3.8) is 0 Å². The lowest BCUT2D eigenvalue weighted by atomic mass is 10.1. The fourth-order valence-electron chi connectivity index (χ4n) is 4.33. The molecular formula is C29H29FN6S. The van der Waals surface area contributed by atoms with E-state index in [0.717, 1.165) is 46.0 Å². The predicted octanol–water partition coefficient (Wildman–Crippen LogP) is 7.10. The fraction of sp³-hybridized carbons (Fsp3) is 0.172. The third kappa shape index (κ3) is 5.12. The Morgan fingerprint density at radius 3 is 2.62 bits per heavy atom. The van der Waals surface area contributed by atoms with Gasteiger partial charge in [0.2, 0.25) is 0 Å². The molecule has 0 radical (unpaired) electrons. The number of aryl methyl sites for hydroxylation is 2. The van der Waals surface area contributed by atoms with Crippen LogP contribution in [0.15, 0.2) is 72.9 Å².